The topological polar surface area (TPSA) is 60.1 Å². The van der Waals surface area contributed by atoms with Gasteiger partial charge in [-0.25, -0.2) is 0 Å². The van der Waals surface area contributed by atoms with Gasteiger partial charge in [-0.1, -0.05) is 12.1 Å². The van der Waals surface area contributed by atoms with Crippen LogP contribution in [-0.4, -0.2) is 32.2 Å². The van der Waals surface area contributed by atoms with Crippen molar-refractivity contribution in [3.63, 3.8) is 0 Å². The normalized spacial score (nSPS) is 11.2. The quantitative estimate of drug-likeness (QED) is 0.619. The molecule has 0 saturated heterocycles. The Balaban J connectivity index is 2.21. The monoisotopic (exact) mass is 295 g/mol. The zero-order valence-corrected chi connectivity index (χ0v) is 13.2. The van der Waals surface area contributed by atoms with Crippen molar-refractivity contribution in [2.75, 3.05) is 32.5 Å². The summed E-state index contributed by atoms with van der Waals surface area (Å²) in [6.07, 6.45) is 0. The highest BCUT2D eigenvalue weighted by atomic mass is 15.1. The van der Waals surface area contributed by atoms with Gasteiger partial charge in [-0.15, -0.1) is 0 Å². The molecule has 0 bridgehead atoms. The Labute approximate surface area is 129 Å². The maximum Gasteiger partial charge on any atom is 0.250 e. The van der Waals surface area contributed by atoms with Gasteiger partial charge in [0.1, 0.15) is 35.8 Å². The van der Waals surface area contributed by atoms with Crippen LogP contribution in [0.15, 0.2) is 30.3 Å². The summed E-state index contributed by atoms with van der Waals surface area (Å²) in [5, 5.41) is 13.0. The Bertz CT molecular complexity index is 870. The maximum atomic E-state index is 9.47. The van der Waals surface area contributed by atoms with E-state index in [0.717, 1.165) is 41.2 Å². The van der Waals surface area contributed by atoms with E-state index in [9.17, 15) is 5.26 Å². The number of anilines is 1. The molecule has 0 aliphatic rings. The zero-order chi connectivity index (χ0) is 15.7. The van der Waals surface area contributed by atoms with Gasteiger partial charge in [0, 0.05) is 6.07 Å². The first-order valence-electron chi connectivity index (χ1n) is 7.51. The standard InChI is InChI=1S/C17H19N5/c1-12-10-16(19-8-9-21(2)3)22-15-7-5-4-6-14(15)20-17(22)13(12)11-18/h4-7,10H,8-9H2,1-3H3,(H,19,20)/p+2. The molecule has 0 aliphatic carbocycles. The molecule has 0 fully saturated rings. The third-order valence-corrected chi connectivity index (χ3v) is 3.89. The summed E-state index contributed by atoms with van der Waals surface area (Å²) in [6.45, 7) is 3.89. The van der Waals surface area contributed by atoms with Gasteiger partial charge in [0.15, 0.2) is 0 Å². The lowest BCUT2D eigenvalue weighted by Crippen LogP contribution is -3.06. The average Bonchev–Trinajstić information content (AvgIpc) is 2.86. The number of H-pyrrole nitrogens is 1. The molecule has 0 aliphatic heterocycles. The van der Waals surface area contributed by atoms with Gasteiger partial charge >= 0.3 is 0 Å². The third kappa shape index (κ3) is 2.38. The number of imidazole rings is 1. The summed E-state index contributed by atoms with van der Waals surface area (Å²) >= 11 is 0. The summed E-state index contributed by atoms with van der Waals surface area (Å²) in [5.41, 5.74) is 4.64. The maximum absolute atomic E-state index is 9.47. The van der Waals surface area contributed by atoms with Crippen LogP contribution >= 0.6 is 0 Å². The molecule has 0 radical (unpaired) electrons. The number of hydrogen-bond donors (Lipinski definition) is 3. The number of benzene rings is 1. The molecule has 22 heavy (non-hydrogen) atoms. The number of aryl methyl sites for hydroxylation is 1. The van der Waals surface area contributed by atoms with E-state index in [-0.39, 0.29) is 0 Å². The van der Waals surface area contributed by atoms with Crippen LogP contribution in [0.1, 0.15) is 11.1 Å². The number of rotatable bonds is 4. The molecule has 2 heterocycles. The average molecular weight is 295 g/mol. The number of para-hydroxylation sites is 2. The van der Waals surface area contributed by atoms with Crippen molar-refractivity contribution < 1.29 is 9.30 Å². The highest BCUT2D eigenvalue weighted by Crippen LogP contribution is 2.19. The van der Waals surface area contributed by atoms with Gasteiger partial charge in [0.2, 0.25) is 11.5 Å². The van der Waals surface area contributed by atoms with Crippen molar-refractivity contribution in [1.29, 1.82) is 5.26 Å². The van der Waals surface area contributed by atoms with Gasteiger partial charge in [-0.2, -0.15) is 9.66 Å². The van der Waals surface area contributed by atoms with Crippen LogP contribution in [0.4, 0.5) is 5.82 Å². The predicted molar refractivity (Wildman–Crippen MR) is 87.1 cm³/mol. The molecule has 5 nitrogen and oxygen atoms in total. The minimum atomic E-state index is 0.694. The van der Waals surface area contributed by atoms with E-state index in [1.807, 2.05) is 25.1 Å². The number of hydrogen-bond acceptors (Lipinski definition) is 2. The number of likely N-dealkylation sites (N-methyl/N-ethyl adjacent to an activating group) is 1. The number of nitrogens with zero attached hydrogens (tertiary/aromatic N) is 2. The first-order valence-corrected chi connectivity index (χ1v) is 7.51. The van der Waals surface area contributed by atoms with Crippen molar-refractivity contribution in [1.82, 2.24) is 4.98 Å². The minimum Gasteiger partial charge on any atom is -0.337 e. The Morgan fingerprint density at radius 3 is 2.82 bits per heavy atom. The van der Waals surface area contributed by atoms with E-state index in [1.54, 1.807) is 0 Å². The number of quaternary nitrogens is 1. The molecule has 3 aromatic rings. The van der Waals surface area contributed by atoms with Gasteiger partial charge in [-0.05, 0) is 24.6 Å². The SMILES string of the molecule is Cc1cc(NCC[NH+](C)C)[n+]2c([nH]c3ccccc32)c1C#N. The summed E-state index contributed by atoms with van der Waals surface area (Å²) in [6, 6.07) is 12.5. The molecule has 0 atom stereocenters. The van der Waals surface area contributed by atoms with Crippen LogP contribution in [-0.2, 0) is 0 Å². The summed E-state index contributed by atoms with van der Waals surface area (Å²) in [4.78, 5) is 4.77. The molecule has 0 spiro atoms. The molecule has 2 aromatic heterocycles. The number of fused-ring (bicyclic) bond motifs is 3. The smallest absolute Gasteiger partial charge is 0.250 e. The van der Waals surface area contributed by atoms with Gasteiger partial charge in [-0.3, -0.25) is 10.3 Å². The Morgan fingerprint density at radius 2 is 2.09 bits per heavy atom. The van der Waals surface area contributed by atoms with Crippen LogP contribution < -0.4 is 14.6 Å². The molecule has 3 rings (SSSR count). The number of pyridine rings is 1. The summed E-state index contributed by atoms with van der Waals surface area (Å²) in [5.74, 6) is 1.02. The van der Waals surface area contributed by atoms with E-state index in [4.69, 9.17) is 0 Å². The number of aromatic nitrogens is 2. The minimum absolute atomic E-state index is 0.694. The lowest BCUT2D eigenvalue weighted by atomic mass is 10.1. The van der Waals surface area contributed by atoms with Crippen LogP contribution in [0.5, 0.6) is 0 Å². The molecule has 0 saturated carbocycles. The molecular formula is C17H21N5+2. The van der Waals surface area contributed by atoms with E-state index >= 15 is 0 Å². The first kappa shape index (κ1) is 14.4. The van der Waals surface area contributed by atoms with Crippen LogP contribution in [0, 0.1) is 18.3 Å². The molecular weight excluding hydrogens is 274 g/mol. The molecule has 3 N–H and O–H groups in total. The van der Waals surface area contributed by atoms with Gasteiger partial charge in [0.25, 0.3) is 0 Å². The van der Waals surface area contributed by atoms with Crippen molar-refractivity contribution in [2.45, 2.75) is 6.92 Å². The van der Waals surface area contributed by atoms with Gasteiger partial charge in [0.05, 0.1) is 14.1 Å². The van der Waals surface area contributed by atoms with Crippen LogP contribution in [0.2, 0.25) is 0 Å². The second kappa shape index (κ2) is 5.66. The van der Waals surface area contributed by atoms with Crippen molar-refractivity contribution in [3.8, 4) is 6.07 Å². The predicted octanol–water partition coefficient (Wildman–Crippen LogP) is 0.643. The Morgan fingerprint density at radius 1 is 1.32 bits per heavy atom. The van der Waals surface area contributed by atoms with E-state index < -0.39 is 0 Å². The molecule has 112 valence electrons. The fourth-order valence-corrected chi connectivity index (χ4v) is 2.74. The summed E-state index contributed by atoms with van der Waals surface area (Å²) < 4.78 is 2.10. The molecule has 0 unspecified atom stereocenters. The second-order valence-electron chi connectivity index (χ2n) is 5.91. The van der Waals surface area contributed by atoms with Crippen molar-refractivity contribution in [2.24, 2.45) is 0 Å². The lowest BCUT2D eigenvalue weighted by molar-refractivity contribution is -0.856. The van der Waals surface area contributed by atoms with Crippen molar-refractivity contribution in [3.05, 3.63) is 41.5 Å². The Hall–Kier alpha value is -2.58. The molecule has 0 amide bonds. The fraction of sp³-hybridized carbons (Fsp3) is 0.294. The lowest BCUT2D eigenvalue weighted by Gasteiger charge is -2.08. The zero-order valence-electron chi connectivity index (χ0n) is 13.2. The fourth-order valence-electron chi connectivity index (χ4n) is 2.74. The highest BCUT2D eigenvalue weighted by molar-refractivity contribution is 5.77. The number of nitriles is 1. The number of nitrogens with one attached hydrogen (secondary N) is 3. The second-order valence-corrected chi connectivity index (χ2v) is 5.91. The van der Waals surface area contributed by atoms with Crippen molar-refractivity contribution >= 4 is 22.5 Å². The third-order valence-electron chi connectivity index (χ3n) is 3.89. The first-order chi connectivity index (χ1) is 10.6. The highest BCUT2D eigenvalue weighted by Gasteiger charge is 2.20. The van der Waals surface area contributed by atoms with Crippen LogP contribution in [0.25, 0.3) is 16.7 Å². The van der Waals surface area contributed by atoms with Gasteiger partial charge < -0.3 is 4.90 Å². The number of aromatic amines is 1. The Kier molecular flexibility index (Phi) is 3.70. The largest absolute Gasteiger partial charge is 0.337 e. The van der Waals surface area contributed by atoms with E-state index in [2.05, 4.69) is 47.0 Å². The molecule has 5 heteroatoms. The van der Waals surface area contributed by atoms with E-state index in [0.29, 0.717) is 5.56 Å². The van der Waals surface area contributed by atoms with Crippen LogP contribution in [0.3, 0.4) is 0 Å². The van der Waals surface area contributed by atoms with E-state index in [1.165, 1.54) is 4.90 Å². The summed E-state index contributed by atoms with van der Waals surface area (Å²) in [7, 11) is 4.28. The molecule has 1 aromatic carbocycles.